The van der Waals surface area contributed by atoms with Crippen LogP contribution < -0.4 is 0 Å². The molecule has 1 aromatic rings. The van der Waals surface area contributed by atoms with E-state index in [0.29, 0.717) is 6.54 Å². The minimum Gasteiger partial charge on any atom is -0.478 e. The first-order valence-electron chi connectivity index (χ1n) is 6.78. The molecule has 0 radical (unpaired) electrons. The van der Waals surface area contributed by atoms with E-state index in [9.17, 15) is 9.59 Å². The molecular weight excluding hydrogens is 256 g/mol. The van der Waals surface area contributed by atoms with Crippen molar-refractivity contribution in [3.05, 3.63) is 42.2 Å². The number of aliphatic carboxylic acids is 1. The third-order valence-electron chi connectivity index (χ3n) is 3.48. The van der Waals surface area contributed by atoms with E-state index in [-0.39, 0.29) is 11.9 Å². The summed E-state index contributed by atoms with van der Waals surface area (Å²) >= 11 is 0. The van der Waals surface area contributed by atoms with Crippen molar-refractivity contribution in [1.82, 2.24) is 9.88 Å². The first kappa shape index (κ1) is 14.2. The zero-order chi connectivity index (χ0) is 14.4. The highest BCUT2D eigenvalue weighted by molar-refractivity contribution is 5.94. The largest absolute Gasteiger partial charge is 0.478 e. The molecule has 1 N–H and O–H groups in total. The van der Waals surface area contributed by atoms with Gasteiger partial charge in [0, 0.05) is 24.4 Å². The Morgan fingerprint density at radius 3 is 2.65 bits per heavy atom. The fourth-order valence-corrected chi connectivity index (χ4v) is 2.51. The molecule has 1 aliphatic rings. The van der Waals surface area contributed by atoms with Gasteiger partial charge in [-0.2, -0.15) is 0 Å². The van der Waals surface area contributed by atoms with Crippen molar-refractivity contribution in [2.24, 2.45) is 0 Å². The molecule has 0 bridgehead atoms. The maximum atomic E-state index is 12.2. The van der Waals surface area contributed by atoms with Crippen molar-refractivity contribution in [2.75, 3.05) is 0 Å². The first-order chi connectivity index (χ1) is 9.66. The van der Waals surface area contributed by atoms with Gasteiger partial charge in [-0.15, -0.1) is 0 Å². The highest BCUT2D eigenvalue weighted by Gasteiger charge is 2.25. The number of hydrogen-bond acceptors (Lipinski definition) is 3. The molecule has 0 unspecified atom stereocenters. The molecule has 0 spiro atoms. The Morgan fingerprint density at radius 2 is 2.05 bits per heavy atom. The lowest BCUT2D eigenvalue weighted by Gasteiger charge is -2.27. The summed E-state index contributed by atoms with van der Waals surface area (Å²) in [5.41, 5.74) is 0.816. The average Bonchev–Trinajstić information content (AvgIpc) is 2.97. The van der Waals surface area contributed by atoms with Gasteiger partial charge in [-0.3, -0.25) is 9.78 Å². The Hall–Kier alpha value is -2.17. The van der Waals surface area contributed by atoms with Crippen LogP contribution in [-0.4, -0.2) is 32.9 Å². The smallest absolute Gasteiger partial charge is 0.328 e. The Balaban J connectivity index is 2.12. The van der Waals surface area contributed by atoms with E-state index < -0.39 is 5.97 Å². The quantitative estimate of drug-likeness (QED) is 0.834. The maximum Gasteiger partial charge on any atom is 0.328 e. The fraction of sp³-hybridized carbons (Fsp3) is 0.400. The van der Waals surface area contributed by atoms with Crippen LogP contribution in [0.25, 0.3) is 0 Å². The van der Waals surface area contributed by atoms with E-state index in [1.165, 1.54) is 0 Å². The van der Waals surface area contributed by atoms with Gasteiger partial charge in [0.1, 0.15) is 0 Å². The van der Waals surface area contributed by atoms with Crippen LogP contribution >= 0.6 is 0 Å². The number of rotatable bonds is 5. The van der Waals surface area contributed by atoms with Crippen LogP contribution in [0, 0.1) is 0 Å². The highest BCUT2D eigenvalue weighted by atomic mass is 16.4. The van der Waals surface area contributed by atoms with Crippen LogP contribution in [-0.2, 0) is 16.1 Å². The number of aromatic nitrogens is 1. The van der Waals surface area contributed by atoms with E-state index >= 15 is 0 Å². The number of pyridine rings is 1. The van der Waals surface area contributed by atoms with Gasteiger partial charge in [-0.25, -0.2) is 4.79 Å². The molecule has 1 saturated carbocycles. The Kier molecular flexibility index (Phi) is 4.87. The molecule has 1 amide bonds. The van der Waals surface area contributed by atoms with Crippen molar-refractivity contribution in [1.29, 1.82) is 0 Å². The van der Waals surface area contributed by atoms with Crippen molar-refractivity contribution >= 4 is 11.9 Å². The second-order valence-corrected chi connectivity index (χ2v) is 4.90. The molecule has 0 saturated heterocycles. The van der Waals surface area contributed by atoms with E-state index in [1.807, 2.05) is 18.2 Å². The van der Waals surface area contributed by atoms with Crippen molar-refractivity contribution in [3.8, 4) is 0 Å². The van der Waals surface area contributed by atoms with E-state index in [1.54, 1.807) is 11.1 Å². The lowest BCUT2D eigenvalue weighted by atomic mass is 10.2. The summed E-state index contributed by atoms with van der Waals surface area (Å²) in [7, 11) is 0. The lowest BCUT2D eigenvalue weighted by Crippen LogP contribution is -2.37. The zero-order valence-electron chi connectivity index (χ0n) is 11.2. The molecule has 1 aromatic heterocycles. The topological polar surface area (TPSA) is 70.5 Å². The fourth-order valence-electron chi connectivity index (χ4n) is 2.51. The number of amides is 1. The molecule has 1 aliphatic carbocycles. The Labute approximate surface area is 117 Å². The second kappa shape index (κ2) is 6.84. The van der Waals surface area contributed by atoms with Crippen LogP contribution in [0.3, 0.4) is 0 Å². The first-order valence-corrected chi connectivity index (χ1v) is 6.78. The highest BCUT2D eigenvalue weighted by Crippen LogP contribution is 2.25. The SMILES string of the molecule is O=C(O)/C=C/C(=O)N(Cc1ccccn1)C1CCCC1. The molecule has 0 atom stereocenters. The monoisotopic (exact) mass is 274 g/mol. The van der Waals surface area contributed by atoms with Crippen LogP contribution in [0.2, 0.25) is 0 Å². The van der Waals surface area contributed by atoms with Crippen LogP contribution in [0.15, 0.2) is 36.5 Å². The van der Waals surface area contributed by atoms with Gasteiger partial charge in [0.05, 0.1) is 12.2 Å². The third-order valence-corrected chi connectivity index (χ3v) is 3.48. The molecule has 20 heavy (non-hydrogen) atoms. The molecule has 1 heterocycles. The number of hydrogen-bond donors (Lipinski definition) is 1. The summed E-state index contributed by atoms with van der Waals surface area (Å²) in [4.78, 5) is 28.7. The van der Waals surface area contributed by atoms with Crippen LogP contribution in [0.1, 0.15) is 31.4 Å². The number of carboxylic acids is 1. The maximum absolute atomic E-state index is 12.2. The van der Waals surface area contributed by atoms with Gasteiger partial charge in [0.2, 0.25) is 5.91 Å². The minimum atomic E-state index is -1.11. The van der Waals surface area contributed by atoms with Crippen LogP contribution in [0.4, 0.5) is 0 Å². The van der Waals surface area contributed by atoms with Crippen LogP contribution in [0.5, 0.6) is 0 Å². The molecule has 2 rings (SSSR count). The van der Waals surface area contributed by atoms with E-state index in [2.05, 4.69) is 4.98 Å². The van der Waals surface area contributed by atoms with Gasteiger partial charge in [-0.05, 0) is 25.0 Å². The molecule has 0 aliphatic heterocycles. The third kappa shape index (κ3) is 3.91. The molecule has 1 fully saturated rings. The van der Waals surface area contributed by atoms with Crippen molar-refractivity contribution < 1.29 is 14.7 Å². The zero-order valence-corrected chi connectivity index (χ0v) is 11.2. The number of carbonyl (C=O) groups is 2. The Morgan fingerprint density at radius 1 is 1.30 bits per heavy atom. The molecule has 0 aromatic carbocycles. The summed E-state index contributed by atoms with van der Waals surface area (Å²) in [5.74, 6) is -1.37. The van der Waals surface area contributed by atoms with Gasteiger partial charge in [0.15, 0.2) is 0 Å². The Bertz CT molecular complexity index is 493. The van der Waals surface area contributed by atoms with Crippen molar-refractivity contribution in [2.45, 2.75) is 38.3 Å². The molecule has 5 heteroatoms. The predicted molar refractivity (Wildman–Crippen MR) is 73.8 cm³/mol. The lowest BCUT2D eigenvalue weighted by molar-refractivity contribution is -0.133. The van der Waals surface area contributed by atoms with Gasteiger partial charge < -0.3 is 10.0 Å². The van der Waals surface area contributed by atoms with Gasteiger partial charge >= 0.3 is 5.97 Å². The van der Waals surface area contributed by atoms with Crippen molar-refractivity contribution in [3.63, 3.8) is 0 Å². The second-order valence-electron chi connectivity index (χ2n) is 4.90. The van der Waals surface area contributed by atoms with E-state index in [4.69, 9.17) is 5.11 Å². The molecule has 5 nitrogen and oxygen atoms in total. The summed E-state index contributed by atoms with van der Waals surface area (Å²) in [5, 5.41) is 8.63. The number of carboxylic acid groups (broad SMARTS) is 1. The number of carbonyl (C=O) groups excluding carboxylic acids is 1. The summed E-state index contributed by atoms with van der Waals surface area (Å²) < 4.78 is 0. The molecular formula is C15H18N2O3. The van der Waals surface area contributed by atoms with Gasteiger partial charge in [0.25, 0.3) is 0 Å². The summed E-state index contributed by atoms with van der Waals surface area (Å²) in [6, 6.07) is 5.77. The average molecular weight is 274 g/mol. The van der Waals surface area contributed by atoms with E-state index in [0.717, 1.165) is 43.5 Å². The normalized spacial score (nSPS) is 15.6. The van der Waals surface area contributed by atoms with Gasteiger partial charge in [-0.1, -0.05) is 18.9 Å². The molecule has 106 valence electrons. The number of nitrogens with zero attached hydrogens (tertiary/aromatic N) is 2. The standard InChI is InChI=1S/C15H18N2O3/c18-14(8-9-15(19)20)17(13-6-1-2-7-13)11-12-5-3-4-10-16-12/h3-5,8-10,13H,1-2,6-7,11H2,(H,19,20)/b9-8+. The summed E-state index contributed by atoms with van der Waals surface area (Å²) in [6.07, 6.45) is 7.88. The minimum absolute atomic E-state index is 0.183. The summed E-state index contributed by atoms with van der Waals surface area (Å²) in [6.45, 7) is 0.425. The predicted octanol–water partition coefficient (Wildman–Crippen LogP) is 1.99.